The molecular weight excluding hydrogens is 218 g/mol. The topological polar surface area (TPSA) is 39.7 Å². The molecule has 92 valence electrons. The van der Waals surface area contributed by atoms with Gasteiger partial charge in [-0.25, -0.2) is 0 Å². The van der Waals surface area contributed by atoms with E-state index in [9.17, 15) is 0 Å². The molecule has 0 bridgehead atoms. The van der Waals surface area contributed by atoms with Crippen LogP contribution in [-0.2, 0) is 14.2 Å². The maximum absolute atomic E-state index is 5.92. The molecule has 0 aliphatic heterocycles. The van der Waals surface area contributed by atoms with Crippen molar-refractivity contribution in [2.75, 3.05) is 53.7 Å². The number of hydrogen-bond acceptors (Lipinski definition) is 4. The molecule has 0 heterocycles. The van der Waals surface area contributed by atoms with Crippen LogP contribution in [0.2, 0.25) is 0 Å². The average molecular weight is 240 g/mol. The molecule has 0 aromatic heterocycles. The van der Waals surface area contributed by atoms with E-state index in [4.69, 9.17) is 25.8 Å². The van der Waals surface area contributed by atoms with Crippen LogP contribution in [0.5, 0.6) is 0 Å². The summed E-state index contributed by atoms with van der Waals surface area (Å²) < 4.78 is 15.2. The van der Waals surface area contributed by atoms with Crippen LogP contribution in [0.3, 0.4) is 0 Å². The standard InChI is InChI=1S/C10H22ClNO3/c1-13-5-3-6-15-7-4-12-8-10(11)9-14-2/h10,12H,3-9H2,1-2H3. The largest absolute Gasteiger partial charge is 0.385 e. The van der Waals surface area contributed by atoms with E-state index in [0.717, 1.165) is 32.7 Å². The van der Waals surface area contributed by atoms with Crippen LogP contribution >= 0.6 is 11.6 Å². The van der Waals surface area contributed by atoms with Crippen LogP contribution in [0.25, 0.3) is 0 Å². The minimum Gasteiger partial charge on any atom is -0.385 e. The van der Waals surface area contributed by atoms with Gasteiger partial charge in [-0.15, -0.1) is 11.6 Å². The minimum absolute atomic E-state index is 0.0310. The second-order valence-electron chi connectivity index (χ2n) is 3.22. The first-order chi connectivity index (χ1) is 7.31. The van der Waals surface area contributed by atoms with Crippen molar-refractivity contribution >= 4 is 11.6 Å². The lowest BCUT2D eigenvalue weighted by molar-refractivity contribution is 0.104. The number of methoxy groups -OCH3 is 2. The molecule has 0 rings (SSSR count). The lowest BCUT2D eigenvalue weighted by atomic mass is 10.4. The number of hydrogen-bond donors (Lipinski definition) is 1. The molecule has 0 radical (unpaired) electrons. The van der Waals surface area contributed by atoms with Crippen molar-refractivity contribution in [3.8, 4) is 0 Å². The van der Waals surface area contributed by atoms with Gasteiger partial charge in [-0.05, 0) is 6.42 Å². The van der Waals surface area contributed by atoms with Gasteiger partial charge >= 0.3 is 0 Å². The van der Waals surface area contributed by atoms with Crippen molar-refractivity contribution in [1.82, 2.24) is 5.32 Å². The fourth-order valence-electron chi connectivity index (χ4n) is 1.05. The molecule has 0 aromatic carbocycles. The number of nitrogens with one attached hydrogen (secondary N) is 1. The molecule has 15 heavy (non-hydrogen) atoms. The van der Waals surface area contributed by atoms with Crippen LogP contribution in [0.15, 0.2) is 0 Å². The van der Waals surface area contributed by atoms with Gasteiger partial charge in [0.1, 0.15) is 0 Å². The maximum Gasteiger partial charge on any atom is 0.0693 e. The van der Waals surface area contributed by atoms with Crippen molar-refractivity contribution < 1.29 is 14.2 Å². The van der Waals surface area contributed by atoms with Gasteiger partial charge < -0.3 is 19.5 Å². The molecule has 0 fully saturated rings. The molecule has 1 unspecified atom stereocenters. The minimum atomic E-state index is 0.0310. The van der Waals surface area contributed by atoms with E-state index in [-0.39, 0.29) is 5.38 Å². The first-order valence-electron chi connectivity index (χ1n) is 5.21. The lowest BCUT2D eigenvalue weighted by Crippen LogP contribution is -2.29. The van der Waals surface area contributed by atoms with Crippen molar-refractivity contribution in [3.05, 3.63) is 0 Å². The number of rotatable bonds is 11. The summed E-state index contributed by atoms with van der Waals surface area (Å²) in [5, 5.41) is 3.22. The predicted octanol–water partition coefficient (Wildman–Crippen LogP) is 0.883. The average Bonchev–Trinajstić information content (AvgIpc) is 2.22. The summed E-state index contributed by atoms with van der Waals surface area (Å²) in [6, 6.07) is 0. The molecule has 5 heteroatoms. The monoisotopic (exact) mass is 239 g/mol. The van der Waals surface area contributed by atoms with Crippen LogP contribution in [0, 0.1) is 0 Å². The predicted molar refractivity (Wildman–Crippen MR) is 61.7 cm³/mol. The normalized spacial score (nSPS) is 13.0. The van der Waals surface area contributed by atoms with Crippen molar-refractivity contribution in [3.63, 3.8) is 0 Å². The van der Waals surface area contributed by atoms with Crippen LogP contribution < -0.4 is 5.32 Å². The van der Waals surface area contributed by atoms with Crippen LogP contribution in [0.4, 0.5) is 0 Å². The highest BCUT2D eigenvalue weighted by Gasteiger charge is 2.01. The Hall–Kier alpha value is 0.130. The Kier molecular flexibility index (Phi) is 12.3. The fourth-order valence-corrected chi connectivity index (χ4v) is 1.29. The maximum atomic E-state index is 5.92. The number of halogens is 1. The Morgan fingerprint density at radius 2 is 1.93 bits per heavy atom. The van der Waals surface area contributed by atoms with E-state index in [1.807, 2.05) is 0 Å². The molecule has 0 saturated carbocycles. The van der Waals surface area contributed by atoms with Gasteiger partial charge in [-0.2, -0.15) is 0 Å². The van der Waals surface area contributed by atoms with E-state index in [0.29, 0.717) is 13.2 Å². The molecule has 0 aliphatic carbocycles. The van der Waals surface area contributed by atoms with E-state index >= 15 is 0 Å². The van der Waals surface area contributed by atoms with Gasteiger partial charge in [-0.1, -0.05) is 0 Å². The third-order valence-electron chi connectivity index (χ3n) is 1.77. The smallest absolute Gasteiger partial charge is 0.0693 e. The first-order valence-corrected chi connectivity index (χ1v) is 5.65. The summed E-state index contributed by atoms with van der Waals surface area (Å²) in [6.45, 7) is 4.35. The quantitative estimate of drug-likeness (QED) is 0.429. The Morgan fingerprint density at radius 3 is 2.60 bits per heavy atom. The van der Waals surface area contributed by atoms with Gasteiger partial charge in [0.2, 0.25) is 0 Å². The Bertz CT molecular complexity index is 127. The highest BCUT2D eigenvalue weighted by Crippen LogP contribution is 1.93. The second-order valence-corrected chi connectivity index (χ2v) is 3.83. The summed E-state index contributed by atoms with van der Waals surface area (Å²) >= 11 is 5.92. The number of ether oxygens (including phenoxy) is 3. The lowest BCUT2D eigenvalue weighted by Gasteiger charge is -2.09. The summed E-state index contributed by atoms with van der Waals surface area (Å²) in [5.74, 6) is 0. The van der Waals surface area contributed by atoms with E-state index < -0.39 is 0 Å². The molecule has 0 spiro atoms. The molecule has 4 nitrogen and oxygen atoms in total. The molecule has 0 saturated heterocycles. The molecule has 1 N–H and O–H groups in total. The van der Waals surface area contributed by atoms with E-state index in [1.165, 1.54) is 0 Å². The molecule has 0 aromatic rings. The molecular formula is C10H22ClNO3. The highest BCUT2D eigenvalue weighted by molar-refractivity contribution is 6.20. The Labute approximate surface area is 97.2 Å². The Morgan fingerprint density at radius 1 is 1.13 bits per heavy atom. The van der Waals surface area contributed by atoms with Crippen molar-refractivity contribution in [2.45, 2.75) is 11.8 Å². The van der Waals surface area contributed by atoms with Crippen LogP contribution in [0.1, 0.15) is 6.42 Å². The molecule has 0 aliphatic rings. The van der Waals surface area contributed by atoms with Gasteiger partial charge in [-0.3, -0.25) is 0 Å². The van der Waals surface area contributed by atoms with Gasteiger partial charge in [0, 0.05) is 40.5 Å². The fraction of sp³-hybridized carbons (Fsp3) is 1.00. The summed E-state index contributed by atoms with van der Waals surface area (Å²) in [7, 11) is 3.34. The van der Waals surface area contributed by atoms with Crippen molar-refractivity contribution in [2.24, 2.45) is 0 Å². The zero-order valence-electron chi connectivity index (χ0n) is 9.63. The van der Waals surface area contributed by atoms with E-state index in [2.05, 4.69) is 5.32 Å². The number of alkyl halides is 1. The SMILES string of the molecule is COCCCOCCNCC(Cl)COC. The first kappa shape index (κ1) is 15.1. The van der Waals surface area contributed by atoms with Gasteiger partial charge in [0.25, 0.3) is 0 Å². The molecule has 1 atom stereocenters. The third kappa shape index (κ3) is 12.1. The zero-order chi connectivity index (χ0) is 11.4. The third-order valence-corrected chi connectivity index (χ3v) is 2.05. The van der Waals surface area contributed by atoms with Gasteiger partial charge in [0.05, 0.1) is 18.6 Å². The summed E-state index contributed by atoms with van der Waals surface area (Å²) in [6.07, 6.45) is 0.943. The second kappa shape index (κ2) is 12.2. The summed E-state index contributed by atoms with van der Waals surface area (Å²) in [5.41, 5.74) is 0. The van der Waals surface area contributed by atoms with E-state index in [1.54, 1.807) is 14.2 Å². The zero-order valence-corrected chi connectivity index (χ0v) is 10.4. The highest BCUT2D eigenvalue weighted by atomic mass is 35.5. The molecule has 0 amide bonds. The van der Waals surface area contributed by atoms with Crippen LogP contribution in [-0.4, -0.2) is 59.1 Å². The Balaban J connectivity index is 2.98. The summed E-state index contributed by atoms with van der Waals surface area (Å²) in [4.78, 5) is 0. The van der Waals surface area contributed by atoms with Crippen molar-refractivity contribution in [1.29, 1.82) is 0 Å². The van der Waals surface area contributed by atoms with Gasteiger partial charge in [0.15, 0.2) is 0 Å².